The minimum atomic E-state index is -0.650. The largest absolute Gasteiger partial charge is 0.340 e. The Balaban J connectivity index is 1.81. The Morgan fingerprint density at radius 3 is 2.44 bits per heavy atom. The lowest BCUT2D eigenvalue weighted by Gasteiger charge is -2.40. The highest BCUT2D eigenvalue weighted by atomic mass is 16.2. The molecular formula is C26H30N4O2. The van der Waals surface area contributed by atoms with Crippen molar-refractivity contribution < 1.29 is 9.59 Å². The van der Waals surface area contributed by atoms with Crippen LogP contribution < -0.4 is 10.2 Å². The maximum absolute atomic E-state index is 13.7. The number of carbonyl (C=O) groups is 2. The zero-order chi connectivity index (χ0) is 23.0. The van der Waals surface area contributed by atoms with Crippen LogP contribution in [0.15, 0.2) is 54.6 Å². The minimum absolute atomic E-state index is 0.100. The predicted octanol–water partition coefficient (Wildman–Crippen LogP) is 4.39. The van der Waals surface area contributed by atoms with Gasteiger partial charge in [-0.1, -0.05) is 49.7 Å². The second-order valence-electron chi connectivity index (χ2n) is 8.74. The molecule has 2 aromatic carbocycles. The summed E-state index contributed by atoms with van der Waals surface area (Å²) >= 11 is 0. The smallest absolute Gasteiger partial charge is 0.251 e. The number of rotatable bonds is 5. The van der Waals surface area contributed by atoms with Crippen LogP contribution in [0.2, 0.25) is 0 Å². The lowest BCUT2D eigenvalue weighted by Crippen LogP contribution is -2.56. The number of likely N-dealkylation sites (N-methyl/N-ethyl adjacent to an activating group) is 1. The van der Waals surface area contributed by atoms with Crippen LogP contribution in [-0.2, 0) is 4.79 Å². The summed E-state index contributed by atoms with van der Waals surface area (Å²) in [6.07, 6.45) is 0. The molecule has 0 unspecified atom stereocenters. The number of amides is 2. The Bertz CT molecular complexity index is 1150. The molecule has 0 fully saturated rings. The highest BCUT2D eigenvalue weighted by molar-refractivity contribution is 6.05. The number of nitrogens with one attached hydrogen (secondary N) is 1. The molecule has 0 bridgehead atoms. The topological polar surface area (TPSA) is 67.2 Å². The van der Waals surface area contributed by atoms with Gasteiger partial charge in [-0.25, -0.2) is 4.68 Å². The third-order valence-electron chi connectivity index (χ3n) is 6.16. The maximum atomic E-state index is 13.7. The fourth-order valence-electron chi connectivity index (χ4n) is 4.71. The fourth-order valence-corrected chi connectivity index (χ4v) is 4.71. The molecule has 4 rings (SSSR count). The van der Waals surface area contributed by atoms with Crippen molar-refractivity contribution in [3.05, 3.63) is 77.0 Å². The van der Waals surface area contributed by atoms with Crippen molar-refractivity contribution in [3.8, 4) is 5.69 Å². The number of fused-ring (bicyclic) bond motifs is 1. The van der Waals surface area contributed by atoms with Crippen molar-refractivity contribution in [2.24, 2.45) is 5.92 Å². The quantitative estimate of drug-likeness (QED) is 0.653. The van der Waals surface area contributed by atoms with Crippen LogP contribution in [0.3, 0.4) is 0 Å². The lowest BCUT2D eigenvalue weighted by molar-refractivity contribution is -0.121. The van der Waals surface area contributed by atoms with Crippen molar-refractivity contribution in [1.82, 2.24) is 15.1 Å². The summed E-state index contributed by atoms with van der Waals surface area (Å²) in [5, 5.41) is 7.88. The molecule has 6 heteroatoms. The molecule has 2 heterocycles. The summed E-state index contributed by atoms with van der Waals surface area (Å²) in [7, 11) is 0. The molecule has 6 nitrogen and oxygen atoms in total. The number of aryl methyl sites for hydroxylation is 2. The van der Waals surface area contributed by atoms with Crippen LogP contribution in [0.1, 0.15) is 53.9 Å². The molecule has 1 aliphatic rings. The fraction of sp³-hybridized carbons (Fsp3) is 0.346. The number of benzene rings is 2. The summed E-state index contributed by atoms with van der Waals surface area (Å²) in [5.41, 5.74) is 4.38. The van der Waals surface area contributed by atoms with Crippen molar-refractivity contribution in [1.29, 1.82) is 0 Å². The first kappa shape index (κ1) is 21.8. The predicted molar refractivity (Wildman–Crippen MR) is 126 cm³/mol. The highest BCUT2D eigenvalue weighted by Crippen LogP contribution is 2.43. The maximum Gasteiger partial charge on any atom is 0.251 e. The van der Waals surface area contributed by atoms with Crippen LogP contribution in [0.25, 0.3) is 5.69 Å². The van der Waals surface area contributed by atoms with Gasteiger partial charge in [-0.3, -0.25) is 14.5 Å². The van der Waals surface area contributed by atoms with Gasteiger partial charge in [-0.05, 0) is 51.0 Å². The Hall–Kier alpha value is -3.41. The third kappa shape index (κ3) is 3.70. The molecule has 2 amide bonds. The first-order chi connectivity index (χ1) is 15.3. The molecule has 166 valence electrons. The molecule has 3 aromatic rings. The van der Waals surface area contributed by atoms with Crippen molar-refractivity contribution in [3.63, 3.8) is 0 Å². The van der Waals surface area contributed by atoms with E-state index in [4.69, 9.17) is 5.10 Å². The molecule has 0 spiro atoms. The zero-order valence-electron chi connectivity index (χ0n) is 19.3. The van der Waals surface area contributed by atoms with Gasteiger partial charge >= 0.3 is 0 Å². The molecule has 0 saturated carbocycles. The van der Waals surface area contributed by atoms with Crippen molar-refractivity contribution in [2.75, 3.05) is 11.4 Å². The second-order valence-corrected chi connectivity index (χ2v) is 8.74. The van der Waals surface area contributed by atoms with Crippen LogP contribution in [-0.4, -0.2) is 34.2 Å². The average Bonchev–Trinajstić information content (AvgIpc) is 3.11. The molecule has 32 heavy (non-hydrogen) atoms. The van der Waals surface area contributed by atoms with Gasteiger partial charge in [0, 0.05) is 23.6 Å². The Morgan fingerprint density at radius 1 is 1.09 bits per heavy atom. The van der Waals surface area contributed by atoms with E-state index in [0.717, 1.165) is 28.3 Å². The van der Waals surface area contributed by atoms with Crippen molar-refractivity contribution in [2.45, 2.75) is 46.6 Å². The molecule has 1 aromatic heterocycles. The van der Waals surface area contributed by atoms with Gasteiger partial charge in [-0.15, -0.1) is 0 Å². The van der Waals surface area contributed by atoms with Crippen LogP contribution in [0.5, 0.6) is 0 Å². The SMILES string of the molecule is CCN1C(=O)[C@@H](NC(=O)c2cccc(C)c2)[C@@H](C(C)C)c2c(C)nn(-c3ccccc3)c21. The van der Waals surface area contributed by atoms with Gasteiger partial charge in [0.1, 0.15) is 11.9 Å². The summed E-state index contributed by atoms with van der Waals surface area (Å²) in [4.78, 5) is 28.6. The summed E-state index contributed by atoms with van der Waals surface area (Å²) in [6.45, 7) is 10.6. The molecule has 0 radical (unpaired) electrons. The zero-order valence-corrected chi connectivity index (χ0v) is 19.3. The van der Waals surface area contributed by atoms with Gasteiger partial charge in [0.25, 0.3) is 11.8 Å². The number of carbonyl (C=O) groups excluding carboxylic acids is 2. The number of aromatic nitrogens is 2. The van der Waals surface area contributed by atoms with Crippen LogP contribution in [0, 0.1) is 19.8 Å². The normalized spacial score (nSPS) is 18.1. The van der Waals surface area contributed by atoms with E-state index in [1.807, 2.05) is 74.0 Å². The molecule has 0 aliphatic carbocycles. The highest BCUT2D eigenvalue weighted by Gasteiger charge is 2.45. The van der Waals surface area contributed by atoms with E-state index in [1.54, 1.807) is 11.0 Å². The Morgan fingerprint density at radius 2 is 1.81 bits per heavy atom. The van der Waals surface area contributed by atoms with Gasteiger partial charge in [0.2, 0.25) is 0 Å². The first-order valence-electron chi connectivity index (χ1n) is 11.2. The van der Waals surface area contributed by atoms with Crippen molar-refractivity contribution >= 4 is 17.6 Å². The number of hydrogen-bond donors (Lipinski definition) is 1. The summed E-state index contributed by atoms with van der Waals surface area (Å²) < 4.78 is 1.86. The molecule has 1 aliphatic heterocycles. The monoisotopic (exact) mass is 430 g/mol. The summed E-state index contributed by atoms with van der Waals surface area (Å²) in [6, 6.07) is 16.6. The van der Waals surface area contributed by atoms with Gasteiger partial charge in [0.15, 0.2) is 0 Å². The van der Waals surface area contributed by atoms with Crippen LogP contribution >= 0.6 is 0 Å². The van der Waals surface area contributed by atoms with E-state index in [1.165, 1.54) is 0 Å². The summed E-state index contributed by atoms with van der Waals surface area (Å²) in [5.74, 6) is 0.432. The first-order valence-corrected chi connectivity index (χ1v) is 11.2. The van der Waals surface area contributed by atoms with E-state index in [0.29, 0.717) is 12.1 Å². The second kappa shape index (κ2) is 8.61. The van der Waals surface area contributed by atoms with E-state index in [-0.39, 0.29) is 23.7 Å². The van der Waals surface area contributed by atoms with E-state index >= 15 is 0 Å². The number of nitrogens with zero attached hydrogens (tertiary/aromatic N) is 3. The lowest BCUT2D eigenvalue weighted by atomic mass is 9.78. The minimum Gasteiger partial charge on any atom is -0.340 e. The van der Waals surface area contributed by atoms with Gasteiger partial charge < -0.3 is 5.32 Å². The Kier molecular flexibility index (Phi) is 5.87. The molecule has 0 saturated heterocycles. The number of anilines is 1. The van der Waals surface area contributed by atoms with Gasteiger partial charge in [-0.2, -0.15) is 5.10 Å². The number of hydrogen-bond acceptors (Lipinski definition) is 3. The number of para-hydroxylation sites is 1. The van der Waals surface area contributed by atoms with E-state index < -0.39 is 6.04 Å². The Labute approximate surface area is 189 Å². The van der Waals surface area contributed by atoms with E-state index in [9.17, 15) is 9.59 Å². The molecule has 1 N–H and O–H groups in total. The molecule has 2 atom stereocenters. The molecular weight excluding hydrogens is 400 g/mol. The average molecular weight is 431 g/mol. The van der Waals surface area contributed by atoms with Gasteiger partial charge in [0.05, 0.1) is 11.4 Å². The van der Waals surface area contributed by atoms with Crippen LogP contribution in [0.4, 0.5) is 5.82 Å². The van der Waals surface area contributed by atoms with E-state index in [2.05, 4.69) is 19.2 Å². The standard InChI is InChI=1S/C26H30N4O2/c1-6-29-25-22(18(5)28-30(25)20-13-8-7-9-14-20)21(16(2)3)23(26(29)32)27-24(31)19-12-10-11-17(4)15-19/h7-16,21,23H,6H2,1-5H3,(H,27,31)/t21-,23-/m0/s1. The third-order valence-corrected chi connectivity index (χ3v) is 6.16.